The highest BCUT2D eigenvalue weighted by atomic mass is 16.5. The van der Waals surface area contributed by atoms with Crippen LogP contribution in [0.3, 0.4) is 0 Å². The second kappa shape index (κ2) is 10.7. The number of rotatable bonds is 9. The zero-order chi connectivity index (χ0) is 23.9. The lowest BCUT2D eigenvalue weighted by molar-refractivity contribution is -0.139. The number of aliphatic carboxylic acids is 1. The number of alkyl carbamates (subject to hydrolysis) is 1. The minimum atomic E-state index is -1.21. The number of fused-ring (bicyclic) bond motifs is 1. The van der Waals surface area contributed by atoms with Gasteiger partial charge < -0.3 is 30.6 Å². The van der Waals surface area contributed by atoms with E-state index in [2.05, 4.69) is 10.6 Å². The molecular formula is C22H30N4O6. The number of benzene rings is 1. The van der Waals surface area contributed by atoms with Gasteiger partial charge in [0.25, 0.3) is 0 Å². The molecule has 1 heterocycles. The third-order valence-electron chi connectivity index (χ3n) is 4.42. The molecule has 6 N–H and O–H groups in total. The Balaban J connectivity index is 2.09. The van der Waals surface area contributed by atoms with E-state index in [0.29, 0.717) is 41.7 Å². The summed E-state index contributed by atoms with van der Waals surface area (Å²) in [6.45, 7) is 6.31. The van der Waals surface area contributed by atoms with Crippen molar-refractivity contribution in [1.29, 1.82) is 5.41 Å². The van der Waals surface area contributed by atoms with E-state index in [-0.39, 0.29) is 29.8 Å². The Hall–Kier alpha value is -3.56. The van der Waals surface area contributed by atoms with Crippen molar-refractivity contribution in [2.75, 3.05) is 13.2 Å². The molecule has 0 bridgehead atoms. The van der Waals surface area contributed by atoms with E-state index in [1.807, 2.05) is 20.8 Å². The third-order valence-corrected chi connectivity index (χ3v) is 4.42. The Morgan fingerprint density at radius 2 is 2.00 bits per heavy atom. The first kappa shape index (κ1) is 24.7. The lowest BCUT2D eigenvalue weighted by Gasteiger charge is -2.20. The number of carboxylic acids is 1. The maximum absolute atomic E-state index is 12.5. The van der Waals surface area contributed by atoms with Gasteiger partial charge in [0, 0.05) is 25.5 Å². The fraction of sp³-hybridized carbons (Fsp3) is 0.455. The van der Waals surface area contributed by atoms with Crippen molar-refractivity contribution < 1.29 is 23.8 Å². The molecule has 2 aromatic rings. The van der Waals surface area contributed by atoms with Crippen molar-refractivity contribution >= 4 is 29.0 Å². The number of hydrogen-bond donors (Lipinski definition) is 5. The first-order chi connectivity index (χ1) is 14.9. The van der Waals surface area contributed by atoms with Gasteiger partial charge in [-0.2, -0.15) is 0 Å². The van der Waals surface area contributed by atoms with Gasteiger partial charge in [0.2, 0.25) is 0 Å². The van der Waals surface area contributed by atoms with E-state index in [9.17, 15) is 19.5 Å². The zero-order valence-corrected chi connectivity index (χ0v) is 18.5. The van der Waals surface area contributed by atoms with Crippen LogP contribution in [-0.4, -0.2) is 42.3 Å². The molecular weight excluding hydrogens is 416 g/mol. The summed E-state index contributed by atoms with van der Waals surface area (Å²) in [5.74, 6) is -0.819. The Morgan fingerprint density at radius 1 is 1.28 bits per heavy atom. The Kier molecular flexibility index (Phi) is 8.22. The summed E-state index contributed by atoms with van der Waals surface area (Å²) in [7, 11) is 0. The maximum atomic E-state index is 12.5. The van der Waals surface area contributed by atoms with Crippen molar-refractivity contribution in [3.63, 3.8) is 0 Å². The Bertz CT molecular complexity index is 1040. The highest BCUT2D eigenvalue weighted by Gasteiger charge is 2.23. The maximum Gasteiger partial charge on any atom is 0.407 e. The highest BCUT2D eigenvalue weighted by molar-refractivity contribution is 5.81. The number of ether oxygens (including phenoxy) is 1. The molecule has 0 unspecified atom stereocenters. The van der Waals surface area contributed by atoms with Crippen LogP contribution in [0.25, 0.3) is 11.0 Å². The standard InChI is InChI=1S/C22H30N4O6/c1-22(2,3)12-31-21(30)26-16(19(28)29)10-13-6-7-18-15(9-13)17(27)11-14(32-18)5-4-8-25-20(23)24/h6-7,9,11,16H,4-5,8,10,12H2,1-3H3,(H,26,30)(H,28,29)(H4,23,24,25)/t16-/m0/s1. The van der Waals surface area contributed by atoms with Crippen molar-refractivity contribution in [2.24, 2.45) is 11.1 Å². The second-order valence-corrected chi connectivity index (χ2v) is 8.73. The number of nitrogens with two attached hydrogens (primary N) is 1. The highest BCUT2D eigenvalue weighted by Crippen LogP contribution is 2.17. The number of nitrogens with one attached hydrogen (secondary N) is 3. The third kappa shape index (κ3) is 7.93. The lowest BCUT2D eigenvalue weighted by Crippen LogP contribution is -2.43. The number of carbonyl (C=O) groups is 2. The molecule has 10 nitrogen and oxygen atoms in total. The summed E-state index contributed by atoms with van der Waals surface area (Å²) in [4.78, 5) is 36.1. The predicted molar refractivity (Wildman–Crippen MR) is 120 cm³/mol. The topological polar surface area (TPSA) is 168 Å². The van der Waals surface area contributed by atoms with Crippen LogP contribution >= 0.6 is 0 Å². The molecule has 2 rings (SSSR count). The van der Waals surface area contributed by atoms with E-state index in [4.69, 9.17) is 20.3 Å². The zero-order valence-electron chi connectivity index (χ0n) is 18.5. The summed E-state index contributed by atoms with van der Waals surface area (Å²) in [5, 5.41) is 22.0. The van der Waals surface area contributed by atoms with Gasteiger partial charge in [-0.15, -0.1) is 0 Å². The predicted octanol–water partition coefficient (Wildman–Crippen LogP) is 1.98. The smallest absolute Gasteiger partial charge is 0.407 e. The lowest BCUT2D eigenvalue weighted by atomic mass is 9.99. The normalized spacial score (nSPS) is 12.2. The van der Waals surface area contributed by atoms with Crippen LogP contribution in [0.2, 0.25) is 0 Å². The van der Waals surface area contributed by atoms with Crippen molar-refractivity contribution in [3.8, 4) is 0 Å². The van der Waals surface area contributed by atoms with Crippen LogP contribution in [0.4, 0.5) is 4.79 Å². The number of guanidine groups is 1. The van der Waals surface area contributed by atoms with E-state index in [1.165, 1.54) is 6.07 Å². The van der Waals surface area contributed by atoms with Gasteiger partial charge in [0.15, 0.2) is 11.4 Å². The van der Waals surface area contributed by atoms with Gasteiger partial charge in [-0.05, 0) is 29.5 Å². The summed E-state index contributed by atoms with van der Waals surface area (Å²) in [6, 6.07) is 5.03. The first-order valence-electron chi connectivity index (χ1n) is 10.2. The monoisotopic (exact) mass is 446 g/mol. The van der Waals surface area contributed by atoms with Gasteiger partial charge >= 0.3 is 12.1 Å². The summed E-state index contributed by atoms with van der Waals surface area (Å²) in [6.07, 6.45) is 0.294. The average molecular weight is 447 g/mol. The van der Waals surface area contributed by atoms with Crippen LogP contribution < -0.4 is 21.8 Å². The Labute approximate surface area is 185 Å². The molecule has 0 radical (unpaired) electrons. The molecule has 10 heteroatoms. The SMILES string of the molecule is CC(C)(C)COC(=O)N[C@@H](Cc1ccc2oc(CCCNC(=N)N)cc(=O)c2c1)C(=O)O. The number of hydrogen-bond acceptors (Lipinski definition) is 6. The minimum absolute atomic E-state index is 0.0200. The fourth-order valence-electron chi connectivity index (χ4n) is 2.89. The summed E-state index contributed by atoms with van der Waals surface area (Å²) >= 11 is 0. The molecule has 0 aliphatic heterocycles. The van der Waals surface area contributed by atoms with Gasteiger partial charge in [0.05, 0.1) is 12.0 Å². The van der Waals surface area contributed by atoms with Gasteiger partial charge in [-0.25, -0.2) is 9.59 Å². The number of amides is 1. The molecule has 1 aromatic heterocycles. The molecule has 1 atom stereocenters. The molecule has 0 fully saturated rings. The van der Waals surface area contributed by atoms with E-state index >= 15 is 0 Å². The van der Waals surface area contributed by atoms with Crippen molar-refractivity contribution in [3.05, 3.63) is 45.8 Å². The number of aryl methyl sites for hydroxylation is 1. The van der Waals surface area contributed by atoms with E-state index in [1.54, 1.807) is 18.2 Å². The number of carboxylic acid groups (broad SMARTS) is 1. The van der Waals surface area contributed by atoms with Gasteiger partial charge in [0.1, 0.15) is 17.4 Å². The molecule has 0 saturated heterocycles. The molecule has 0 aliphatic carbocycles. The van der Waals surface area contributed by atoms with Crippen LogP contribution in [0.15, 0.2) is 33.5 Å². The Morgan fingerprint density at radius 3 is 2.62 bits per heavy atom. The summed E-state index contributed by atoms with van der Waals surface area (Å²) in [5.41, 5.74) is 5.69. The average Bonchev–Trinajstić information content (AvgIpc) is 2.69. The van der Waals surface area contributed by atoms with E-state index < -0.39 is 18.1 Å². The van der Waals surface area contributed by atoms with Crippen molar-refractivity contribution in [2.45, 2.75) is 46.1 Å². The molecule has 1 amide bonds. The molecule has 0 aliphatic rings. The number of carbonyl (C=O) groups excluding carboxylic acids is 1. The molecule has 174 valence electrons. The molecule has 0 spiro atoms. The molecule has 1 aromatic carbocycles. The minimum Gasteiger partial charge on any atom is -0.480 e. The fourth-order valence-corrected chi connectivity index (χ4v) is 2.89. The van der Waals surface area contributed by atoms with Crippen LogP contribution in [0.1, 0.15) is 38.5 Å². The van der Waals surface area contributed by atoms with Crippen LogP contribution in [-0.2, 0) is 22.4 Å². The molecule has 0 saturated carbocycles. The second-order valence-electron chi connectivity index (χ2n) is 8.73. The van der Waals surface area contributed by atoms with Crippen molar-refractivity contribution in [1.82, 2.24) is 10.6 Å². The van der Waals surface area contributed by atoms with Crippen LogP contribution in [0.5, 0.6) is 0 Å². The van der Waals surface area contributed by atoms with Crippen LogP contribution in [0, 0.1) is 10.8 Å². The van der Waals surface area contributed by atoms with Gasteiger partial charge in [-0.3, -0.25) is 10.2 Å². The summed E-state index contributed by atoms with van der Waals surface area (Å²) < 4.78 is 10.8. The van der Waals surface area contributed by atoms with Gasteiger partial charge in [-0.1, -0.05) is 26.8 Å². The largest absolute Gasteiger partial charge is 0.480 e. The molecule has 32 heavy (non-hydrogen) atoms. The van der Waals surface area contributed by atoms with E-state index in [0.717, 1.165) is 0 Å². The first-order valence-corrected chi connectivity index (χ1v) is 10.2. The quantitative estimate of drug-likeness (QED) is 0.221.